The average Bonchev–Trinajstić information content (AvgIpc) is 2.39. The van der Waals surface area contributed by atoms with E-state index in [4.69, 9.17) is 17.3 Å². The summed E-state index contributed by atoms with van der Waals surface area (Å²) in [6, 6.07) is 4.84. The summed E-state index contributed by atoms with van der Waals surface area (Å²) < 4.78 is 0. The van der Waals surface area contributed by atoms with Crippen LogP contribution in [-0.4, -0.2) is 30.4 Å². The fourth-order valence-corrected chi connectivity index (χ4v) is 1.85. The highest BCUT2D eigenvalue weighted by Crippen LogP contribution is 2.23. The van der Waals surface area contributed by atoms with Crippen LogP contribution >= 0.6 is 11.6 Å². The molecule has 0 saturated heterocycles. The van der Waals surface area contributed by atoms with Crippen LogP contribution in [0.15, 0.2) is 18.2 Å². The van der Waals surface area contributed by atoms with Gasteiger partial charge in [-0.05, 0) is 45.1 Å². The highest BCUT2D eigenvalue weighted by atomic mass is 35.5. The first-order valence-electron chi connectivity index (χ1n) is 6.51. The number of rotatable bonds is 6. The van der Waals surface area contributed by atoms with E-state index in [1.165, 1.54) is 0 Å². The van der Waals surface area contributed by atoms with Gasteiger partial charge in [-0.25, -0.2) is 0 Å². The molecule has 5 heteroatoms. The standard InChI is InChI=1S/C14H22ClN3O/c1-4-5-8-18(3)10(2)14(19)17-13-9-11(15)6-7-12(13)16/h6-7,9-10H,4-5,8,16H2,1-3H3,(H,17,19). The van der Waals surface area contributed by atoms with Gasteiger partial charge >= 0.3 is 0 Å². The summed E-state index contributed by atoms with van der Waals surface area (Å²) in [7, 11) is 1.95. The third-order valence-corrected chi connectivity index (χ3v) is 3.41. The number of benzene rings is 1. The van der Waals surface area contributed by atoms with Crippen LogP contribution in [0.1, 0.15) is 26.7 Å². The summed E-state index contributed by atoms with van der Waals surface area (Å²) in [6.07, 6.45) is 2.19. The van der Waals surface area contributed by atoms with Gasteiger partial charge in [-0.2, -0.15) is 0 Å². The number of amides is 1. The quantitative estimate of drug-likeness (QED) is 0.789. The van der Waals surface area contributed by atoms with Gasteiger partial charge in [0.05, 0.1) is 17.4 Å². The minimum atomic E-state index is -0.204. The van der Waals surface area contributed by atoms with Crippen LogP contribution in [0.3, 0.4) is 0 Å². The van der Waals surface area contributed by atoms with E-state index in [0.29, 0.717) is 16.4 Å². The molecule has 1 aromatic carbocycles. The van der Waals surface area contributed by atoms with Crippen molar-refractivity contribution in [3.05, 3.63) is 23.2 Å². The van der Waals surface area contributed by atoms with E-state index in [1.54, 1.807) is 18.2 Å². The number of nitrogens with two attached hydrogens (primary N) is 1. The van der Waals surface area contributed by atoms with Gasteiger partial charge in [0.25, 0.3) is 0 Å². The lowest BCUT2D eigenvalue weighted by molar-refractivity contribution is -0.120. The molecule has 0 radical (unpaired) electrons. The van der Waals surface area contributed by atoms with Gasteiger partial charge in [-0.1, -0.05) is 24.9 Å². The number of nitrogen functional groups attached to an aromatic ring is 1. The Balaban J connectivity index is 2.65. The van der Waals surface area contributed by atoms with Crippen molar-refractivity contribution in [1.82, 2.24) is 4.90 Å². The van der Waals surface area contributed by atoms with Crippen molar-refractivity contribution in [2.24, 2.45) is 0 Å². The molecule has 0 aromatic heterocycles. The van der Waals surface area contributed by atoms with E-state index in [1.807, 2.05) is 18.9 Å². The second kappa shape index (κ2) is 7.36. The zero-order chi connectivity index (χ0) is 14.4. The Morgan fingerprint density at radius 3 is 2.84 bits per heavy atom. The number of hydrogen-bond donors (Lipinski definition) is 2. The summed E-state index contributed by atoms with van der Waals surface area (Å²) in [4.78, 5) is 14.2. The monoisotopic (exact) mass is 283 g/mol. The molecule has 0 aliphatic heterocycles. The van der Waals surface area contributed by atoms with Gasteiger partial charge in [0.15, 0.2) is 0 Å². The first-order valence-corrected chi connectivity index (χ1v) is 6.89. The Bertz CT molecular complexity index is 437. The molecule has 1 unspecified atom stereocenters. The molecular weight excluding hydrogens is 262 g/mol. The van der Waals surface area contributed by atoms with Crippen molar-refractivity contribution in [2.45, 2.75) is 32.7 Å². The van der Waals surface area contributed by atoms with Crippen LogP contribution in [0, 0.1) is 0 Å². The Labute approximate surface area is 119 Å². The maximum Gasteiger partial charge on any atom is 0.241 e. The summed E-state index contributed by atoms with van der Waals surface area (Å²) in [5, 5.41) is 3.37. The molecule has 3 N–H and O–H groups in total. The Morgan fingerprint density at radius 2 is 2.21 bits per heavy atom. The zero-order valence-corrected chi connectivity index (χ0v) is 12.5. The number of nitrogens with zero attached hydrogens (tertiary/aromatic N) is 1. The molecule has 0 aliphatic rings. The fraction of sp³-hybridized carbons (Fsp3) is 0.500. The lowest BCUT2D eigenvalue weighted by atomic mass is 10.2. The third-order valence-electron chi connectivity index (χ3n) is 3.18. The fourth-order valence-electron chi connectivity index (χ4n) is 1.68. The SMILES string of the molecule is CCCCN(C)C(C)C(=O)Nc1cc(Cl)ccc1N. The average molecular weight is 284 g/mol. The summed E-state index contributed by atoms with van der Waals surface area (Å²) >= 11 is 5.89. The van der Waals surface area contributed by atoms with Gasteiger partial charge in [0.2, 0.25) is 5.91 Å². The van der Waals surface area contributed by atoms with Gasteiger partial charge in [0.1, 0.15) is 0 Å². The normalized spacial score (nSPS) is 12.5. The number of hydrogen-bond acceptors (Lipinski definition) is 3. The van der Waals surface area contributed by atoms with Crippen LogP contribution < -0.4 is 11.1 Å². The molecule has 0 spiro atoms. The molecule has 0 fully saturated rings. The van der Waals surface area contributed by atoms with E-state index in [2.05, 4.69) is 12.2 Å². The van der Waals surface area contributed by atoms with Crippen molar-refractivity contribution >= 4 is 28.9 Å². The van der Waals surface area contributed by atoms with Crippen LogP contribution in [0.5, 0.6) is 0 Å². The predicted molar refractivity (Wildman–Crippen MR) is 81.5 cm³/mol. The van der Waals surface area contributed by atoms with E-state index < -0.39 is 0 Å². The van der Waals surface area contributed by atoms with Crippen LogP contribution in [0.2, 0.25) is 5.02 Å². The van der Waals surface area contributed by atoms with Crippen molar-refractivity contribution in [3.63, 3.8) is 0 Å². The third kappa shape index (κ3) is 4.73. The predicted octanol–water partition coefficient (Wildman–Crippen LogP) is 2.98. The minimum absolute atomic E-state index is 0.0763. The zero-order valence-electron chi connectivity index (χ0n) is 11.7. The summed E-state index contributed by atoms with van der Waals surface area (Å²) in [6.45, 7) is 4.91. The Kier molecular flexibility index (Phi) is 6.12. The number of carbonyl (C=O) groups is 1. The highest BCUT2D eigenvalue weighted by Gasteiger charge is 2.18. The lowest BCUT2D eigenvalue weighted by Gasteiger charge is -2.23. The van der Waals surface area contributed by atoms with Crippen molar-refractivity contribution in [1.29, 1.82) is 0 Å². The van der Waals surface area contributed by atoms with E-state index in [-0.39, 0.29) is 11.9 Å². The van der Waals surface area contributed by atoms with Crippen molar-refractivity contribution in [3.8, 4) is 0 Å². The molecule has 0 saturated carbocycles. The molecule has 0 aliphatic carbocycles. The van der Waals surface area contributed by atoms with Crippen molar-refractivity contribution < 1.29 is 4.79 Å². The maximum absolute atomic E-state index is 12.1. The first kappa shape index (κ1) is 15.8. The number of carbonyl (C=O) groups excluding carboxylic acids is 1. The Morgan fingerprint density at radius 1 is 1.53 bits per heavy atom. The van der Waals surface area contributed by atoms with Gasteiger partial charge in [-0.3, -0.25) is 9.69 Å². The molecule has 1 amide bonds. The molecule has 0 bridgehead atoms. The molecule has 19 heavy (non-hydrogen) atoms. The summed E-state index contributed by atoms with van der Waals surface area (Å²) in [5.74, 6) is -0.0763. The smallest absolute Gasteiger partial charge is 0.241 e. The minimum Gasteiger partial charge on any atom is -0.397 e. The number of nitrogens with one attached hydrogen (secondary N) is 1. The molecule has 1 rings (SSSR count). The number of halogens is 1. The molecule has 0 heterocycles. The topological polar surface area (TPSA) is 58.4 Å². The van der Waals surface area contributed by atoms with E-state index in [0.717, 1.165) is 19.4 Å². The van der Waals surface area contributed by atoms with Crippen molar-refractivity contribution in [2.75, 3.05) is 24.6 Å². The molecule has 1 atom stereocenters. The lowest BCUT2D eigenvalue weighted by Crippen LogP contribution is -2.40. The summed E-state index contributed by atoms with van der Waals surface area (Å²) in [5.41, 5.74) is 6.89. The second-order valence-electron chi connectivity index (χ2n) is 4.73. The van der Waals surface area contributed by atoms with Gasteiger partial charge in [-0.15, -0.1) is 0 Å². The van der Waals surface area contributed by atoms with Crippen LogP contribution in [0.25, 0.3) is 0 Å². The molecular formula is C14H22ClN3O. The molecule has 4 nitrogen and oxygen atoms in total. The number of anilines is 2. The Hall–Kier alpha value is -1.26. The van der Waals surface area contributed by atoms with E-state index >= 15 is 0 Å². The molecule has 1 aromatic rings. The first-order chi connectivity index (χ1) is 8.95. The van der Waals surface area contributed by atoms with Crippen LogP contribution in [-0.2, 0) is 4.79 Å². The second-order valence-corrected chi connectivity index (χ2v) is 5.17. The molecule has 106 valence electrons. The van der Waals surface area contributed by atoms with Gasteiger partial charge in [0, 0.05) is 5.02 Å². The largest absolute Gasteiger partial charge is 0.397 e. The van der Waals surface area contributed by atoms with Crippen LogP contribution in [0.4, 0.5) is 11.4 Å². The highest BCUT2D eigenvalue weighted by molar-refractivity contribution is 6.31. The van der Waals surface area contributed by atoms with E-state index in [9.17, 15) is 4.79 Å². The number of likely N-dealkylation sites (N-methyl/N-ethyl adjacent to an activating group) is 1. The van der Waals surface area contributed by atoms with Gasteiger partial charge < -0.3 is 11.1 Å². The maximum atomic E-state index is 12.1. The number of unbranched alkanes of at least 4 members (excludes halogenated alkanes) is 1.